The third kappa shape index (κ3) is 5.31. The van der Waals surface area contributed by atoms with Gasteiger partial charge in [0.2, 0.25) is 11.7 Å². The minimum Gasteiger partial charge on any atom is -0.453 e. The van der Waals surface area contributed by atoms with E-state index in [1.54, 1.807) is 24.3 Å². The van der Waals surface area contributed by atoms with E-state index in [4.69, 9.17) is 20.9 Å². The molecule has 0 saturated heterocycles. The van der Waals surface area contributed by atoms with Gasteiger partial charge in [-0.15, -0.1) is 0 Å². The van der Waals surface area contributed by atoms with Crippen LogP contribution in [-0.4, -0.2) is 28.1 Å². The van der Waals surface area contributed by atoms with Crippen molar-refractivity contribution in [2.75, 3.05) is 5.32 Å². The Bertz CT molecular complexity index is 1250. The number of fused-ring (bicyclic) bond motifs is 1. The highest BCUT2D eigenvalue weighted by Crippen LogP contribution is 2.20. The minimum absolute atomic E-state index is 0.00977. The van der Waals surface area contributed by atoms with Gasteiger partial charge in [-0.2, -0.15) is 4.98 Å². The molecule has 3 aromatic carbocycles. The molecule has 7 nitrogen and oxygen atoms in total. The summed E-state index contributed by atoms with van der Waals surface area (Å²) in [6, 6.07) is 20.5. The van der Waals surface area contributed by atoms with Crippen LogP contribution in [0.5, 0.6) is 0 Å². The average molecular weight is 450 g/mol. The Labute approximate surface area is 189 Å². The number of amides is 1. The zero-order chi connectivity index (χ0) is 22.5. The summed E-state index contributed by atoms with van der Waals surface area (Å²) >= 11 is 5.88. The summed E-state index contributed by atoms with van der Waals surface area (Å²) in [6.45, 7) is 1.53. The molecule has 8 heteroatoms. The fraction of sp³-hybridized carbons (Fsp3) is 0.167. The first-order chi connectivity index (χ1) is 15.5. The van der Waals surface area contributed by atoms with Gasteiger partial charge in [-0.3, -0.25) is 9.59 Å². The highest BCUT2D eigenvalue weighted by Gasteiger charge is 2.19. The lowest BCUT2D eigenvalue weighted by Crippen LogP contribution is -2.30. The van der Waals surface area contributed by atoms with Gasteiger partial charge in [-0.05, 0) is 54.1 Å². The number of hydrogen-bond donors (Lipinski definition) is 1. The number of aromatic nitrogens is 2. The number of ether oxygens (including phenoxy) is 1. The van der Waals surface area contributed by atoms with Crippen LogP contribution in [0.3, 0.4) is 0 Å². The second-order valence-electron chi connectivity index (χ2n) is 7.20. The van der Waals surface area contributed by atoms with E-state index in [1.165, 1.54) is 6.92 Å². The standard InChI is InChI=1S/C24H20ClN3O4/c1-15(24(30)26-20-11-8-16-4-2-3-5-18(16)14-20)31-22(29)13-12-21-27-23(28-32-21)17-6-9-19(25)10-7-17/h2-11,14-15H,12-13H2,1H3,(H,26,30). The van der Waals surface area contributed by atoms with E-state index in [2.05, 4.69) is 15.5 Å². The van der Waals surface area contributed by atoms with Crippen LogP contribution in [0.2, 0.25) is 5.02 Å². The van der Waals surface area contributed by atoms with E-state index in [9.17, 15) is 9.59 Å². The van der Waals surface area contributed by atoms with Gasteiger partial charge in [-0.1, -0.05) is 47.1 Å². The summed E-state index contributed by atoms with van der Waals surface area (Å²) in [6.07, 6.45) is -0.727. The van der Waals surface area contributed by atoms with Gasteiger partial charge in [0.15, 0.2) is 6.10 Å². The summed E-state index contributed by atoms with van der Waals surface area (Å²) in [7, 11) is 0. The molecule has 1 amide bonds. The number of nitrogens with zero attached hydrogens (tertiary/aromatic N) is 2. The first kappa shape index (κ1) is 21.5. The van der Waals surface area contributed by atoms with Crippen molar-refractivity contribution in [3.63, 3.8) is 0 Å². The molecule has 0 fully saturated rings. The molecule has 0 aliphatic carbocycles. The second-order valence-corrected chi connectivity index (χ2v) is 7.64. The Morgan fingerprint density at radius 1 is 1.06 bits per heavy atom. The molecule has 32 heavy (non-hydrogen) atoms. The largest absolute Gasteiger partial charge is 0.453 e. The number of benzene rings is 3. The maximum Gasteiger partial charge on any atom is 0.307 e. The van der Waals surface area contributed by atoms with Crippen LogP contribution in [0.1, 0.15) is 19.2 Å². The quantitative estimate of drug-likeness (QED) is 0.397. The monoisotopic (exact) mass is 449 g/mol. The van der Waals surface area contributed by atoms with Crippen LogP contribution >= 0.6 is 11.6 Å². The number of anilines is 1. The minimum atomic E-state index is -0.943. The Morgan fingerprint density at radius 3 is 2.59 bits per heavy atom. The lowest BCUT2D eigenvalue weighted by Gasteiger charge is -2.13. The summed E-state index contributed by atoms with van der Waals surface area (Å²) in [5.74, 6) is -0.220. The Morgan fingerprint density at radius 2 is 1.81 bits per heavy atom. The van der Waals surface area contributed by atoms with E-state index in [0.717, 1.165) is 16.3 Å². The van der Waals surface area contributed by atoms with Gasteiger partial charge in [0.1, 0.15) is 0 Å². The van der Waals surface area contributed by atoms with Gasteiger partial charge in [0, 0.05) is 22.7 Å². The molecule has 0 aliphatic rings. The molecule has 1 atom stereocenters. The van der Waals surface area contributed by atoms with Crippen molar-refractivity contribution in [3.05, 3.63) is 77.6 Å². The number of carbonyl (C=O) groups excluding carboxylic acids is 2. The molecule has 4 rings (SSSR count). The summed E-state index contributed by atoms with van der Waals surface area (Å²) in [5, 5.41) is 9.37. The molecule has 1 heterocycles. The predicted octanol–water partition coefficient (Wildman–Crippen LogP) is 5.05. The third-order valence-corrected chi connectivity index (χ3v) is 5.06. The summed E-state index contributed by atoms with van der Waals surface area (Å²) < 4.78 is 10.4. The topological polar surface area (TPSA) is 94.3 Å². The highest BCUT2D eigenvalue weighted by atomic mass is 35.5. The van der Waals surface area contributed by atoms with Crippen LogP contribution in [-0.2, 0) is 20.7 Å². The SMILES string of the molecule is CC(OC(=O)CCc1nc(-c2ccc(Cl)cc2)no1)C(=O)Nc1ccc2ccccc2c1. The summed E-state index contributed by atoms with van der Waals surface area (Å²) in [4.78, 5) is 28.8. The van der Waals surface area contributed by atoms with Crippen LogP contribution in [0.15, 0.2) is 71.3 Å². The first-order valence-corrected chi connectivity index (χ1v) is 10.4. The van der Waals surface area contributed by atoms with Crippen molar-refractivity contribution in [1.82, 2.24) is 10.1 Å². The molecule has 0 radical (unpaired) electrons. The number of nitrogens with one attached hydrogen (secondary N) is 1. The fourth-order valence-electron chi connectivity index (χ4n) is 3.10. The van der Waals surface area contributed by atoms with Crippen molar-refractivity contribution in [3.8, 4) is 11.4 Å². The lowest BCUT2D eigenvalue weighted by molar-refractivity contribution is -0.153. The molecule has 1 aromatic heterocycles. The van der Waals surface area contributed by atoms with E-state index in [1.807, 2.05) is 42.5 Å². The van der Waals surface area contributed by atoms with E-state index < -0.39 is 18.0 Å². The third-order valence-electron chi connectivity index (χ3n) is 4.81. The van der Waals surface area contributed by atoms with Crippen molar-refractivity contribution < 1.29 is 18.8 Å². The average Bonchev–Trinajstić information content (AvgIpc) is 3.27. The summed E-state index contributed by atoms with van der Waals surface area (Å²) in [5.41, 5.74) is 1.39. The Kier molecular flexibility index (Phi) is 6.47. The zero-order valence-corrected chi connectivity index (χ0v) is 18.0. The van der Waals surface area contributed by atoms with Crippen molar-refractivity contribution in [1.29, 1.82) is 0 Å². The molecule has 162 valence electrons. The van der Waals surface area contributed by atoms with E-state index >= 15 is 0 Å². The van der Waals surface area contributed by atoms with Crippen LogP contribution in [0, 0.1) is 0 Å². The van der Waals surface area contributed by atoms with Crippen LogP contribution < -0.4 is 5.32 Å². The molecule has 1 N–H and O–H groups in total. The van der Waals surface area contributed by atoms with Gasteiger partial charge in [0.25, 0.3) is 5.91 Å². The fourth-order valence-corrected chi connectivity index (χ4v) is 3.23. The molecule has 0 aliphatic heterocycles. The maximum absolute atomic E-state index is 12.4. The lowest BCUT2D eigenvalue weighted by atomic mass is 10.1. The number of halogens is 1. The van der Waals surface area contributed by atoms with Gasteiger partial charge in [0.05, 0.1) is 6.42 Å². The van der Waals surface area contributed by atoms with Crippen LogP contribution in [0.25, 0.3) is 22.2 Å². The van der Waals surface area contributed by atoms with Crippen molar-refractivity contribution in [2.45, 2.75) is 25.9 Å². The van der Waals surface area contributed by atoms with Crippen molar-refractivity contribution in [2.24, 2.45) is 0 Å². The number of aryl methyl sites for hydroxylation is 1. The number of carbonyl (C=O) groups is 2. The molecule has 0 bridgehead atoms. The molecule has 0 spiro atoms. The molecular formula is C24H20ClN3O4. The Balaban J connectivity index is 1.27. The van der Waals surface area contributed by atoms with E-state index in [0.29, 0.717) is 22.4 Å². The molecule has 4 aromatic rings. The van der Waals surface area contributed by atoms with Gasteiger partial charge < -0.3 is 14.6 Å². The number of hydrogen-bond acceptors (Lipinski definition) is 6. The van der Waals surface area contributed by atoms with Gasteiger partial charge in [-0.25, -0.2) is 0 Å². The van der Waals surface area contributed by atoms with Crippen LogP contribution in [0.4, 0.5) is 5.69 Å². The molecular weight excluding hydrogens is 430 g/mol. The number of rotatable bonds is 7. The number of esters is 1. The van der Waals surface area contributed by atoms with Crippen molar-refractivity contribution >= 4 is 39.9 Å². The normalized spacial score (nSPS) is 11.8. The zero-order valence-electron chi connectivity index (χ0n) is 17.2. The Hall–Kier alpha value is -3.71. The highest BCUT2D eigenvalue weighted by molar-refractivity contribution is 6.30. The molecule has 0 saturated carbocycles. The maximum atomic E-state index is 12.4. The predicted molar refractivity (Wildman–Crippen MR) is 121 cm³/mol. The smallest absolute Gasteiger partial charge is 0.307 e. The first-order valence-electron chi connectivity index (χ1n) is 10.1. The molecule has 1 unspecified atom stereocenters. The second kappa shape index (κ2) is 9.62. The van der Waals surface area contributed by atoms with Gasteiger partial charge >= 0.3 is 5.97 Å². The van der Waals surface area contributed by atoms with E-state index in [-0.39, 0.29) is 12.8 Å².